The predicted molar refractivity (Wildman–Crippen MR) is 75.8 cm³/mol. The Morgan fingerprint density at radius 3 is 2.47 bits per heavy atom. The zero-order valence-electron chi connectivity index (χ0n) is 10.5. The van der Waals surface area contributed by atoms with Crippen LogP contribution in [0.3, 0.4) is 0 Å². The number of hydrogen-bond acceptors (Lipinski definition) is 1. The second-order valence-corrected chi connectivity index (χ2v) is 5.28. The molecule has 0 radical (unpaired) electrons. The van der Waals surface area contributed by atoms with Gasteiger partial charge in [0, 0.05) is 22.6 Å². The topological polar surface area (TPSA) is 12.0 Å². The zero-order chi connectivity index (χ0) is 13.8. The maximum atomic E-state index is 13.5. The summed E-state index contributed by atoms with van der Waals surface area (Å²) in [6, 6.07) is 12.2. The Morgan fingerprint density at radius 2 is 1.79 bits per heavy atom. The van der Waals surface area contributed by atoms with Gasteiger partial charge in [-0.15, -0.1) is 0 Å². The van der Waals surface area contributed by atoms with Crippen LogP contribution in [0.4, 0.5) is 8.78 Å². The van der Waals surface area contributed by atoms with Gasteiger partial charge in [-0.2, -0.15) is 0 Å². The van der Waals surface area contributed by atoms with Gasteiger partial charge in [-0.1, -0.05) is 40.2 Å². The molecule has 0 saturated heterocycles. The molecule has 0 saturated carbocycles. The van der Waals surface area contributed by atoms with Gasteiger partial charge >= 0.3 is 0 Å². The molecule has 2 rings (SSSR count). The Labute approximate surface area is 119 Å². The Hall–Kier alpha value is -1.26. The van der Waals surface area contributed by atoms with E-state index in [9.17, 15) is 8.78 Å². The smallest absolute Gasteiger partial charge is 0.163 e. The van der Waals surface area contributed by atoms with Crippen molar-refractivity contribution in [1.29, 1.82) is 0 Å². The van der Waals surface area contributed by atoms with E-state index in [2.05, 4.69) is 21.2 Å². The van der Waals surface area contributed by atoms with Crippen molar-refractivity contribution in [3.05, 3.63) is 69.7 Å². The van der Waals surface area contributed by atoms with E-state index < -0.39 is 11.6 Å². The van der Waals surface area contributed by atoms with E-state index in [-0.39, 0.29) is 6.04 Å². The highest BCUT2D eigenvalue weighted by Gasteiger charge is 2.09. The first-order chi connectivity index (χ1) is 9.08. The molecular weight excluding hydrogens is 312 g/mol. The maximum Gasteiger partial charge on any atom is 0.163 e. The third-order valence-corrected chi connectivity index (χ3v) is 3.53. The van der Waals surface area contributed by atoms with Crippen molar-refractivity contribution in [1.82, 2.24) is 5.32 Å². The Kier molecular flexibility index (Phi) is 4.66. The second kappa shape index (κ2) is 6.26. The molecule has 100 valence electrons. The van der Waals surface area contributed by atoms with Crippen LogP contribution >= 0.6 is 15.9 Å². The minimum absolute atomic E-state index is 0.0655. The lowest BCUT2D eigenvalue weighted by Crippen LogP contribution is -2.19. The number of hydrogen-bond donors (Lipinski definition) is 1. The van der Waals surface area contributed by atoms with Crippen LogP contribution in [0.1, 0.15) is 24.1 Å². The standard InChI is InChI=1S/C15H14BrF2N/c1-10(11-5-7-13(16)8-6-11)19-9-12-3-2-4-14(17)15(12)18/h2-8,10,19H,9H2,1H3. The monoisotopic (exact) mass is 325 g/mol. The molecular formula is C15H14BrF2N. The van der Waals surface area contributed by atoms with Crippen LogP contribution in [0.25, 0.3) is 0 Å². The van der Waals surface area contributed by atoms with E-state index in [1.807, 2.05) is 31.2 Å². The van der Waals surface area contributed by atoms with Crippen LogP contribution in [0.2, 0.25) is 0 Å². The normalized spacial score (nSPS) is 12.4. The average Bonchev–Trinajstić information content (AvgIpc) is 2.41. The predicted octanol–water partition coefficient (Wildman–Crippen LogP) is 4.58. The van der Waals surface area contributed by atoms with Crippen molar-refractivity contribution in [3.8, 4) is 0 Å². The second-order valence-electron chi connectivity index (χ2n) is 4.37. The van der Waals surface area contributed by atoms with E-state index in [0.29, 0.717) is 12.1 Å². The molecule has 0 aliphatic rings. The third kappa shape index (κ3) is 3.61. The van der Waals surface area contributed by atoms with Crippen LogP contribution in [-0.4, -0.2) is 0 Å². The first-order valence-electron chi connectivity index (χ1n) is 5.99. The fraction of sp³-hybridized carbons (Fsp3) is 0.200. The Balaban J connectivity index is 2.02. The molecule has 0 amide bonds. The van der Waals surface area contributed by atoms with Crippen LogP contribution in [0, 0.1) is 11.6 Å². The Morgan fingerprint density at radius 1 is 1.11 bits per heavy atom. The van der Waals surface area contributed by atoms with Crippen molar-refractivity contribution in [2.75, 3.05) is 0 Å². The van der Waals surface area contributed by atoms with Gasteiger partial charge in [-0.25, -0.2) is 8.78 Å². The quantitative estimate of drug-likeness (QED) is 0.867. The van der Waals surface area contributed by atoms with Crippen molar-refractivity contribution in [2.45, 2.75) is 19.5 Å². The molecule has 4 heteroatoms. The van der Waals surface area contributed by atoms with Gasteiger partial charge in [0.05, 0.1) is 0 Å². The molecule has 0 aliphatic carbocycles. The summed E-state index contributed by atoms with van der Waals surface area (Å²) in [6.45, 7) is 2.28. The van der Waals surface area contributed by atoms with E-state index in [4.69, 9.17) is 0 Å². The molecule has 0 fully saturated rings. The van der Waals surface area contributed by atoms with E-state index in [0.717, 1.165) is 16.1 Å². The van der Waals surface area contributed by atoms with E-state index >= 15 is 0 Å². The summed E-state index contributed by atoms with van der Waals surface area (Å²) in [5, 5.41) is 3.18. The zero-order valence-corrected chi connectivity index (χ0v) is 12.0. The molecule has 0 aliphatic heterocycles. The third-order valence-electron chi connectivity index (χ3n) is 3.00. The number of nitrogens with one attached hydrogen (secondary N) is 1. The van der Waals surface area contributed by atoms with Crippen LogP contribution in [0.15, 0.2) is 46.9 Å². The maximum absolute atomic E-state index is 13.5. The SMILES string of the molecule is CC(NCc1cccc(F)c1F)c1ccc(Br)cc1. The molecule has 0 heterocycles. The summed E-state index contributed by atoms with van der Waals surface area (Å²) in [7, 11) is 0. The largest absolute Gasteiger partial charge is 0.306 e. The van der Waals surface area contributed by atoms with Gasteiger partial charge in [0.2, 0.25) is 0 Å². The number of halogens is 3. The summed E-state index contributed by atoms with van der Waals surface area (Å²) < 4.78 is 27.6. The molecule has 2 aromatic rings. The molecule has 2 aromatic carbocycles. The fourth-order valence-corrected chi connectivity index (χ4v) is 2.08. The molecule has 19 heavy (non-hydrogen) atoms. The van der Waals surface area contributed by atoms with Gasteiger partial charge in [0.15, 0.2) is 11.6 Å². The van der Waals surface area contributed by atoms with Gasteiger partial charge in [-0.3, -0.25) is 0 Å². The van der Waals surface area contributed by atoms with Crippen LogP contribution < -0.4 is 5.32 Å². The van der Waals surface area contributed by atoms with E-state index in [1.54, 1.807) is 6.07 Å². The fourth-order valence-electron chi connectivity index (χ4n) is 1.82. The summed E-state index contributed by atoms with van der Waals surface area (Å²) in [5.74, 6) is -1.59. The number of benzene rings is 2. The molecule has 1 atom stereocenters. The lowest BCUT2D eigenvalue weighted by Gasteiger charge is -2.15. The highest BCUT2D eigenvalue weighted by atomic mass is 79.9. The van der Waals surface area contributed by atoms with Crippen molar-refractivity contribution in [3.63, 3.8) is 0 Å². The van der Waals surface area contributed by atoms with Gasteiger partial charge < -0.3 is 5.32 Å². The lowest BCUT2D eigenvalue weighted by molar-refractivity contribution is 0.484. The van der Waals surface area contributed by atoms with Crippen molar-refractivity contribution >= 4 is 15.9 Å². The average molecular weight is 326 g/mol. The first-order valence-corrected chi connectivity index (χ1v) is 6.79. The first kappa shape index (κ1) is 14.2. The van der Waals surface area contributed by atoms with Gasteiger partial charge in [0.1, 0.15) is 0 Å². The van der Waals surface area contributed by atoms with Crippen LogP contribution in [-0.2, 0) is 6.54 Å². The molecule has 1 N–H and O–H groups in total. The summed E-state index contributed by atoms with van der Waals surface area (Å²) in [4.78, 5) is 0. The molecule has 1 nitrogen and oxygen atoms in total. The lowest BCUT2D eigenvalue weighted by atomic mass is 10.1. The van der Waals surface area contributed by atoms with Gasteiger partial charge in [-0.05, 0) is 30.7 Å². The minimum atomic E-state index is -0.810. The van der Waals surface area contributed by atoms with Crippen LogP contribution in [0.5, 0.6) is 0 Å². The number of rotatable bonds is 4. The van der Waals surface area contributed by atoms with Crippen molar-refractivity contribution in [2.24, 2.45) is 0 Å². The summed E-state index contributed by atoms with van der Waals surface area (Å²) in [6.07, 6.45) is 0. The Bertz CT molecular complexity index is 555. The molecule has 0 aromatic heterocycles. The molecule has 0 bridgehead atoms. The van der Waals surface area contributed by atoms with Gasteiger partial charge in [0.25, 0.3) is 0 Å². The highest BCUT2D eigenvalue weighted by Crippen LogP contribution is 2.18. The summed E-state index contributed by atoms with van der Waals surface area (Å²) in [5.41, 5.74) is 1.43. The summed E-state index contributed by atoms with van der Waals surface area (Å²) >= 11 is 3.38. The van der Waals surface area contributed by atoms with Crippen molar-refractivity contribution < 1.29 is 8.78 Å². The highest BCUT2D eigenvalue weighted by molar-refractivity contribution is 9.10. The molecule has 0 spiro atoms. The molecule has 1 unspecified atom stereocenters. The minimum Gasteiger partial charge on any atom is -0.306 e. The van der Waals surface area contributed by atoms with E-state index in [1.165, 1.54) is 6.07 Å².